The molecule has 0 saturated heterocycles. The zero-order valence-electron chi connectivity index (χ0n) is 5.16. The molecule has 0 bridgehead atoms. The average Bonchev–Trinajstić information content (AvgIpc) is 1.88. The molecule has 0 fully saturated rings. The first-order valence-corrected chi connectivity index (χ1v) is 3.19. The van der Waals surface area contributed by atoms with Crippen LogP contribution in [0, 0.1) is 0 Å². The molecule has 1 aromatic carbocycles. The molecule has 0 aliphatic heterocycles. The molecule has 1 aromatic rings. The number of benzene rings is 1. The molecule has 0 amide bonds. The van der Waals surface area contributed by atoms with Crippen molar-refractivity contribution in [2.75, 3.05) is 0 Å². The fraction of sp³-hybridized carbons (Fsp3) is 0.143. The van der Waals surface area contributed by atoms with Crippen LogP contribution in [0.15, 0.2) is 24.3 Å². The lowest BCUT2D eigenvalue weighted by Crippen LogP contribution is -1.92. The van der Waals surface area contributed by atoms with Crippen molar-refractivity contribution in [3.05, 3.63) is 34.9 Å². The molecule has 0 spiro atoms. The normalized spacial score (nSPS) is 10.4. The number of rotatable bonds is 1. The number of aliphatic hydroxyl groups excluding tert-OH is 1. The van der Waals surface area contributed by atoms with Gasteiger partial charge >= 0.3 is 0 Å². The first kappa shape index (κ1) is 7.54. The minimum Gasteiger partial charge on any atom is -0.364 e. The summed E-state index contributed by atoms with van der Waals surface area (Å²) in [6.07, 6.45) is -1.41. The zero-order valence-corrected chi connectivity index (χ0v) is 5.92. The van der Waals surface area contributed by atoms with Gasteiger partial charge in [0.15, 0.2) is 6.29 Å². The van der Waals surface area contributed by atoms with Crippen molar-refractivity contribution in [2.45, 2.75) is 6.29 Å². The van der Waals surface area contributed by atoms with Crippen LogP contribution in [0.4, 0.5) is 0 Å². The van der Waals surface area contributed by atoms with Gasteiger partial charge in [-0.05, 0) is 12.1 Å². The summed E-state index contributed by atoms with van der Waals surface area (Å²) in [7, 11) is 0. The van der Waals surface area contributed by atoms with Crippen LogP contribution in [0.25, 0.3) is 0 Å². The Kier molecular flexibility index (Phi) is 2.27. The first-order valence-electron chi connectivity index (χ1n) is 2.82. The van der Waals surface area contributed by atoms with Gasteiger partial charge in [0.2, 0.25) is 0 Å². The number of hydrogen-bond donors (Lipinski definition) is 2. The van der Waals surface area contributed by atoms with E-state index >= 15 is 0 Å². The zero-order chi connectivity index (χ0) is 7.56. The lowest BCUT2D eigenvalue weighted by atomic mass is 10.2. The molecule has 3 heteroatoms. The first-order chi connectivity index (χ1) is 4.70. The molecule has 0 atom stereocenters. The van der Waals surface area contributed by atoms with E-state index in [4.69, 9.17) is 21.8 Å². The van der Waals surface area contributed by atoms with Gasteiger partial charge < -0.3 is 10.2 Å². The van der Waals surface area contributed by atoms with Crippen LogP contribution in [0.3, 0.4) is 0 Å². The Morgan fingerprint density at radius 1 is 1.10 bits per heavy atom. The monoisotopic (exact) mass is 158 g/mol. The van der Waals surface area contributed by atoms with Gasteiger partial charge in [-0.15, -0.1) is 0 Å². The third-order valence-electron chi connectivity index (χ3n) is 1.17. The highest BCUT2D eigenvalue weighted by atomic mass is 35.5. The fourth-order valence-electron chi connectivity index (χ4n) is 0.635. The second-order valence-electron chi connectivity index (χ2n) is 1.93. The molecule has 1 rings (SSSR count). The topological polar surface area (TPSA) is 40.5 Å². The minimum atomic E-state index is -1.41. The Balaban J connectivity index is 2.89. The summed E-state index contributed by atoms with van der Waals surface area (Å²) in [5.41, 5.74) is 0.449. The highest BCUT2D eigenvalue weighted by Crippen LogP contribution is 2.13. The SMILES string of the molecule is OC(O)c1ccc(Cl)cc1. The minimum absolute atomic E-state index is 0.449. The van der Waals surface area contributed by atoms with E-state index in [0.29, 0.717) is 10.6 Å². The highest BCUT2D eigenvalue weighted by Gasteiger charge is 1.99. The summed E-state index contributed by atoms with van der Waals surface area (Å²) in [4.78, 5) is 0. The van der Waals surface area contributed by atoms with E-state index in [0.717, 1.165) is 0 Å². The highest BCUT2D eigenvalue weighted by molar-refractivity contribution is 6.30. The molecule has 10 heavy (non-hydrogen) atoms. The molecule has 2 nitrogen and oxygen atoms in total. The number of halogens is 1. The van der Waals surface area contributed by atoms with Crippen LogP contribution in [0.5, 0.6) is 0 Å². The van der Waals surface area contributed by atoms with Gasteiger partial charge in [0.1, 0.15) is 0 Å². The smallest absolute Gasteiger partial charge is 0.178 e. The lowest BCUT2D eigenvalue weighted by Gasteiger charge is -2.01. The Morgan fingerprint density at radius 2 is 1.60 bits per heavy atom. The largest absolute Gasteiger partial charge is 0.364 e. The number of hydrogen-bond acceptors (Lipinski definition) is 2. The van der Waals surface area contributed by atoms with Crippen molar-refractivity contribution in [3.63, 3.8) is 0 Å². The maximum Gasteiger partial charge on any atom is 0.178 e. The number of aliphatic hydroxyl groups is 2. The van der Waals surface area contributed by atoms with Gasteiger partial charge in [0.05, 0.1) is 0 Å². The van der Waals surface area contributed by atoms with E-state index in [2.05, 4.69) is 0 Å². The Labute approximate surface area is 63.7 Å². The molecule has 0 heterocycles. The Morgan fingerprint density at radius 3 is 2.00 bits per heavy atom. The summed E-state index contributed by atoms with van der Waals surface area (Å²) in [5.74, 6) is 0. The van der Waals surface area contributed by atoms with Gasteiger partial charge in [-0.1, -0.05) is 23.7 Å². The van der Waals surface area contributed by atoms with E-state index in [9.17, 15) is 0 Å². The van der Waals surface area contributed by atoms with E-state index in [1.54, 1.807) is 24.3 Å². The van der Waals surface area contributed by atoms with Gasteiger partial charge in [-0.25, -0.2) is 0 Å². The van der Waals surface area contributed by atoms with E-state index in [1.165, 1.54) is 0 Å². The molecule has 0 radical (unpaired) electrons. The third kappa shape index (κ3) is 1.70. The van der Waals surface area contributed by atoms with Crippen LogP contribution in [-0.4, -0.2) is 10.2 Å². The van der Waals surface area contributed by atoms with Crippen LogP contribution < -0.4 is 0 Å². The second kappa shape index (κ2) is 3.01. The molecular weight excluding hydrogens is 152 g/mol. The van der Waals surface area contributed by atoms with Crippen molar-refractivity contribution in [1.29, 1.82) is 0 Å². The molecule has 0 aliphatic carbocycles. The van der Waals surface area contributed by atoms with Crippen molar-refractivity contribution in [3.8, 4) is 0 Å². The Bertz CT molecular complexity index is 205. The maximum absolute atomic E-state index is 8.63. The van der Waals surface area contributed by atoms with Crippen LogP contribution in [-0.2, 0) is 0 Å². The molecular formula is C7H7ClO2. The second-order valence-corrected chi connectivity index (χ2v) is 2.36. The summed E-state index contributed by atoms with van der Waals surface area (Å²) in [5, 5.41) is 17.8. The quantitative estimate of drug-likeness (QED) is 0.606. The molecule has 0 saturated carbocycles. The van der Waals surface area contributed by atoms with Crippen molar-refractivity contribution in [2.24, 2.45) is 0 Å². The third-order valence-corrected chi connectivity index (χ3v) is 1.42. The fourth-order valence-corrected chi connectivity index (χ4v) is 0.761. The molecule has 0 unspecified atom stereocenters. The van der Waals surface area contributed by atoms with Crippen molar-refractivity contribution < 1.29 is 10.2 Å². The van der Waals surface area contributed by atoms with Crippen molar-refractivity contribution in [1.82, 2.24) is 0 Å². The lowest BCUT2D eigenvalue weighted by molar-refractivity contribution is -0.0424. The van der Waals surface area contributed by atoms with Crippen molar-refractivity contribution >= 4 is 11.6 Å². The average molecular weight is 159 g/mol. The summed E-state index contributed by atoms with van der Waals surface area (Å²) in [6.45, 7) is 0. The van der Waals surface area contributed by atoms with Gasteiger partial charge in [-0.2, -0.15) is 0 Å². The Hall–Kier alpha value is -0.570. The summed E-state index contributed by atoms with van der Waals surface area (Å²) >= 11 is 5.55. The predicted octanol–water partition coefficient (Wildman–Crippen LogP) is 1.32. The van der Waals surface area contributed by atoms with Gasteiger partial charge in [0.25, 0.3) is 0 Å². The van der Waals surface area contributed by atoms with E-state index < -0.39 is 6.29 Å². The van der Waals surface area contributed by atoms with Crippen LogP contribution >= 0.6 is 11.6 Å². The molecule has 54 valence electrons. The maximum atomic E-state index is 8.63. The molecule has 0 aromatic heterocycles. The summed E-state index contributed by atoms with van der Waals surface area (Å²) in [6, 6.07) is 6.34. The molecule has 0 aliphatic rings. The van der Waals surface area contributed by atoms with E-state index in [1.807, 2.05) is 0 Å². The van der Waals surface area contributed by atoms with Crippen LogP contribution in [0.2, 0.25) is 5.02 Å². The standard InChI is InChI=1S/C7H7ClO2/c8-6-3-1-5(2-4-6)7(9)10/h1-4,7,9-10H. The summed E-state index contributed by atoms with van der Waals surface area (Å²) < 4.78 is 0. The van der Waals surface area contributed by atoms with Gasteiger partial charge in [-0.3, -0.25) is 0 Å². The van der Waals surface area contributed by atoms with Crippen LogP contribution in [0.1, 0.15) is 11.9 Å². The van der Waals surface area contributed by atoms with E-state index in [-0.39, 0.29) is 0 Å². The molecule has 2 N–H and O–H groups in total. The predicted molar refractivity (Wildman–Crippen MR) is 38.6 cm³/mol. The van der Waals surface area contributed by atoms with Gasteiger partial charge in [0, 0.05) is 10.6 Å².